The Labute approximate surface area is 86.9 Å². The number of carboxylic acid groups (broad SMARTS) is 1. The number of fused-ring (bicyclic) bond motifs is 1. The molecule has 78 valence electrons. The topological polar surface area (TPSA) is 67.7 Å². The molecule has 2 heterocycles. The smallest absolute Gasteiger partial charge is 0.337 e. The lowest BCUT2D eigenvalue weighted by atomic mass is 10.2. The van der Waals surface area contributed by atoms with Gasteiger partial charge in [0.2, 0.25) is 0 Å². The zero-order chi connectivity index (χ0) is 11.0. The zero-order valence-corrected chi connectivity index (χ0v) is 8.34. The molecule has 0 spiro atoms. The summed E-state index contributed by atoms with van der Waals surface area (Å²) in [5, 5.41) is 9.02. The maximum atomic E-state index is 11.0. The summed E-state index contributed by atoms with van der Waals surface area (Å²) in [5.41, 5.74) is 7.56. The highest BCUT2D eigenvalue weighted by Gasteiger charge is 2.15. The highest BCUT2D eigenvalue weighted by Crippen LogP contribution is 2.20. The molecule has 0 aliphatic rings. The number of aromatic carboxylic acids is 1. The normalized spacial score (nSPS) is 12.9. The van der Waals surface area contributed by atoms with E-state index in [1.165, 1.54) is 0 Å². The quantitative estimate of drug-likeness (QED) is 0.781. The molecular formula is C11H12N2O2. The third kappa shape index (κ3) is 1.49. The molecule has 0 fully saturated rings. The fourth-order valence-electron chi connectivity index (χ4n) is 1.70. The van der Waals surface area contributed by atoms with Crippen LogP contribution in [0.3, 0.4) is 0 Å². The van der Waals surface area contributed by atoms with Crippen molar-refractivity contribution in [2.45, 2.75) is 13.0 Å². The number of carbonyl (C=O) groups is 1. The van der Waals surface area contributed by atoms with E-state index < -0.39 is 5.97 Å². The lowest BCUT2D eigenvalue weighted by Crippen LogP contribution is -2.07. The van der Waals surface area contributed by atoms with Crippen LogP contribution < -0.4 is 5.73 Å². The van der Waals surface area contributed by atoms with Crippen LogP contribution >= 0.6 is 0 Å². The molecular weight excluding hydrogens is 192 g/mol. The number of nitrogens with zero attached hydrogens (tertiary/aromatic N) is 1. The second kappa shape index (κ2) is 3.40. The van der Waals surface area contributed by atoms with E-state index in [1.807, 2.05) is 29.7 Å². The van der Waals surface area contributed by atoms with E-state index in [4.69, 9.17) is 10.8 Å². The Hall–Kier alpha value is -1.81. The van der Waals surface area contributed by atoms with Crippen molar-refractivity contribution >= 4 is 11.5 Å². The van der Waals surface area contributed by atoms with Crippen molar-refractivity contribution in [3.8, 4) is 0 Å². The van der Waals surface area contributed by atoms with Crippen molar-refractivity contribution in [3.63, 3.8) is 0 Å². The first kappa shape index (κ1) is 9.73. The van der Waals surface area contributed by atoms with E-state index in [0.29, 0.717) is 11.1 Å². The van der Waals surface area contributed by atoms with Gasteiger partial charge in [-0.3, -0.25) is 0 Å². The van der Waals surface area contributed by atoms with Crippen molar-refractivity contribution in [1.29, 1.82) is 0 Å². The molecule has 2 aromatic heterocycles. The van der Waals surface area contributed by atoms with Crippen LogP contribution in [0.4, 0.5) is 0 Å². The zero-order valence-electron chi connectivity index (χ0n) is 8.34. The van der Waals surface area contributed by atoms with Gasteiger partial charge in [0.25, 0.3) is 0 Å². The number of aromatic nitrogens is 1. The van der Waals surface area contributed by atoms with E-state index in [0.717, 1.165) is 5.69 Å². The highest BCUT2D eigenvalue weighted by atomic mass is 16.4. The van der Waals surface area contributed by atoms with Gasteiger partial charge in [-0.05, 0) is 25.1 Å². The van der Waals surface area contributed by atoms with Crippen LogP contribution in [0.15, 0.2) is 30.5 Å². The van der Waals surface area contributed by atoms with Gasteiger partial charge in [0.05, 0.1) is 11.1 Å². The third-order valence-electron chi connectivity index (χ3n) is 2.40. The van der Waals surface area contributed by atoms with Crippen molar-refractivity contribution in [3.05, 3.63) is 41.7 Å². The van der Waals surface area contributed by atoms with E-state index in [-0.39, 0.29) is 6.04 Å². The summed E-state index contributed by atoms with van der Waals surface area (Å²) in [6.45, 7) is 1.83. The average molecular weight is 204 g/mol. The summed E-state index contributed by atoms with van der Waals surface area (Å²) in [6, 6.07) is 6.88. The standard InChI is InChI=1S/C11H12N2O2/c1-7(12)10-6-8(11(14)15)9-4-2-3-5-13(9)10/h2-7H,12H2,1H3,(H,14,15). The van der Waals surface area contributed by atoms with Crippen molar-refractivity contribution < 1.29 is 9.90 Å². The minimum Gasteiger partial charge on any atom is -0.478 e. The van der Waals surface area contributed by atoms with Crippen LogP contribution in [0.1, 0.15) is 29.0 Å². The fraction of sp³-hybridized carbons (Fsp3) is 0.182. The molecule has 4 nitrogen and oxygen atoms in total. The summed E-state index contributed by atoms with van der Waals surface area (Å²) >= 11 is 0. The van der Waals surface area contributed by atoms with E-state index in [1.54, 1.807) is 12.1 Å². The minimum absolute atomic E-state index is 0.187. The molecule has 2 aromatic rings. The lowest BCUT2D eigenvalue weighted by Gasteiger charge is -2.04. The van der Waals surface area contributed by atoms with Gasteiger partial charge in [0.15, 0.2) is 0 Å². The number of hydrogen-bond donors (Lipinski definition) is 2. The second-order valence-corrected chi connectivity index (χ2v) is 3.53. The van der Waals surface area contributed by atoms with Gasteiger partial charge in [-0.25, -0.2) is 4.79 Å². The summed E-state index contributed by atoms with van der Waals surface area (Å²) in [4.78, 5) is 11.0. The van der Waals surface area contributed by atoms with E-state index in [2.05, 4.69) is 0 Å². The largest absolute Gasteiger partial charge is 0.478 e. The van der Waals surface area contributed by atoms with Gasteiger partial charge >= 0.3 is 5.97 Å². The van der Waals surface area contributed by atoms with Crippen LogP contribution in [-0.2, 0) is 0 Å². The van der Waals surface area contributed by atoms with Gasteiger partial charge in [0, 0.05) is 17.9 Å². The van der Waals surface area contributed by atoms with E-state index >= 15 is 0 Å². The van der Waals surface area contributed by atoms with Crippen LogP contribution in [-0.4, -0.2) is 15.5 Å². The summed E-state index contributed by atoms with van der Waals surface area (Å²) in [6.07, 6.45) is 1.82. The number of nitrogens with two attached hydrogens (primary N) is 1. The molecule has 0 aliphatic heterocycles. The Bertz CT molecular complexity index is 514. The van der Waals surface area contributed by atoms with E-state index in [9.17, 15) is 4.79 Å². The first-order chi connectivity index (χ1) is 7.11. The second-order valence-electron chi connectivity index (χ2n) is 3.53. The van der Waals surface area contributed by atoms with Crippen molar-refractivity contribution in [2.24, 2.45) is 5.73 Å². The first-order valence-corrected chi connectivity index (χ1v) is 4.70. The first-order valence-electron chi connectivity index (χ1n) is 4.70. The van der Waals surface area contributed by atoms with Gasteiger partial charge < -0.3 is 15.2 Å². The molecule has 0 saturated heterocycles. The predicted molar refractivity (Wildman–Crippen MR) is 57.0 cm³/mol. The van der Waals surface area contributed by atoms with Crippen LogP contribution in [0.5, 0.6) is 0 Å². The molecule has 4 heteroatoms. The van der Waals surface area contributed by atoms with Crippen LogP contribution in [0.2, 0.25) is 0 Å². The lowest BCUT2D eigenvalue weighted by molar-refractivity contribution is 0.0699. The SMILES string of the molecule is CC(N)c1cc(C(=O)O)c2ccccn12. The fourth-order valence-corrected chi connectivity index (χ4v) is 1.70. The van der Waals surface area contributed by atoms with Crippen LogP contribution in [0.25, 0.3) is 5.52 Å². The molecule has 0 amide bonds. The Kier molecular flexibility index (Phi) is 2.21. The minimum atomic E-state index is -0.925. The molecule has 0 radical (unpaired) electrons. The number of rotatable bonds is 2. The van der Waals surface area contributed by atoms with Gasteiger partial charge in [-0.1, -0.05) is 6.07 Å². The molecule has 0 aliphatic carbocycles. The maximum Gasteiger partial charge on any atom is 0.337 e. The maximum absolute atomic E-state index is 11.0. The number of pyridine rings is 1. The summed E-state index contributed by atoms with van der Waals surface area (Å²) in [5.74, 6) is -0.925. The Balaban J connectivity index is 2.79. The molecule has 0 aromatic carbocycles. The average Bonchev–Trinajstić information content (AvgIpc) is 2.56. The Morgan fingerprint density at radius 3 is 2.87 bits per heavy atom. The molecule has 0 saturated carbocycles. The van der Waals surface area contributed by atoms with Crippen molar-refractivity contribution in [1.82, 2.24) is 4.40 Å². The Morgan fingerprint density at radius 2 is 2.27 bits per heavy atom. The van der Waals surface area contributed by atoms with Crippen molar-refractivity contribution in [2.75, 3.05) is 0 Å². The van der Waals surface area contributed by atoms with Crippen LogP contribution in [0, 0.1) is 0 Å². The molecule has 15 heavy (non-hydrogen) atoms. The number of carboxylic acids is 1. The molecule has 1 atom stereocenters. The molecule has 3 N–H and O–H groups in total. The predicted octanol–water partition coefficient (Wildman–Crippen LogP) is 1.66. The monoisotopic (exact) mass is 204 g/mol. The Morgan fingerprint density at radius 1 is 1.53 bits per heavy atom. The molecule has 0 bridgehead atoms. The summed E-state index contributed by atoms with van der Waals surface area (Å²) < 4.78 is 1.81. The highest BCUT2D eigenvalue weighted by molar-refractivity contribution is 5.96. The van der Waals surface area contributed by atoms with Gasteiger partial charge in [-0.2, -0.15) is 0 Å². The summed E-state index contributed by atoms with van der Waals surface area (Å²) in [7, 11) is 0. The van der Waals surface area contributed by atoms with Gasteiger partial charge in [-0.15, -0.1) is 0 Å². The molecule has 2 rings (SSSR count). The third-order valence-corrected chi connectivity index (χ3v) is 2.40. The van der Waals surface area contributed by atoms with Gasteiger partial charge in [0.1, 0.15) is 0 Å². The molecule has 1 unspecified atom stereocenters. The number of hydrogen-bond acceptors (Lipinski definition) is 2.